The number of piperidine rings is 1. The second kappa shape index (κ2) is 7.19. The van der Waals surface area contributed by atoms with Gasteiger partial charge in [-0.3, -0.25) is 4.79 Å². The summed E-state index contributed by atoms with van der Waals surface area (Å²) in [6, 6.07) is 12.9. The Bertz CT molecular complexity index is 1110. The lowest BCUT2D eigenvalue weighted by molar-refractivity contribution is 0.187. The molecule has 2 aliphatic rings. The molecule has 2 unspecified atom stereocenters. The van der Waals surface area contributed by atoms with Gasteiger partial charge in [-0.1, -0.05) is 19.1 Å². The van der Waals surface area contributed by atoms with Crippen LogP contribution in [0.1, 0.15) is 36.9 Å². The average Bonchev–Trinajstić information content (AvgIpc) is 2.68. The standard InChI is InChI=1S/C21H23N3O3S/c1-2-8-28(26,27)23-12-16-10-18(14-23)21-19(6-7-20(25)24(21)13-16)17-5-3-4-15(9-17)11-22/h3-7,9,16,18H,2,8,10,12-14H2,1H3. The molecule has 1 saturated heterocycles. The van der Waals surface area contributed by atoms with Crippen LogP contribution in [0.5, 0.6) is 0 Å². The fourth-order valence-corrected chi connectivity index (χ4v) is 6.20. The molecule has 4 rings (SSSR count). The maximum Gasteiger partial charge on any atom is 0.250 e. The Morgan fingerprint density at radius 3 is 2.75 bits per heavy atom. The summed E-state index contributed by atoms with van der Waals surface area (Å²) in [5.74, 6) is 0.288. The zero-order valence-electron chi connectivity index (χ0n) is 15.8. The summed E-state index contributed by atoms with van der Waals surface area (Å²) in [5, 5.41) is 9.23. The van der Waals surface area contributed by atoms with E-state index in [1.807, 2.05) is 35.8 Å². The van der Waals surface area contributed by atoms with Crippen molar-refractivity contribution in [2.24, 2.45) is 5.92 Å². The molecule has 1 fully saturated rings. The van der Waals surface area contributed by atoms with E-state index in [0.29, 0.717) is 31.6 Å². The molecule has 0 N–H and O–H groups in total. The van der Waals surface area contributed by atoms with Gasteiger partial charge in [0.05, 0.1) is 17.4 Å². The minimum atomic E-state index is -3.27. The SMILES string of the molecule is CCCS(=O)(=O)N1CC2CC(C1)c1c(-c3cccc(C#N)c3)ccc(=O)n1C2. The monoisotopic (exact) mass is 397 g/mol. The average molecular weight is 398 g/mol. The van der Waals surface area contributed by atoms with E-state index in [1.54, 1.807) is 16.4 Å². The summed E-state index contributed by atoms with van der Waals surface area (Å²) in [7, 11) is -3.27. The van der Waals surface area contributed by atoms with Gasteiger partial charge in [-0.25, -0.2) is 12.7 Å². The molecule has 0 amide bonds. The van der Waals surface area contributed by atoms with Crippen LogP contribution < -0.4 is 5.56 Å². The molecule has 6 nitrogen and oxygen atoms in total. The minimum absolute atomic E-state index is 0.0197. The van der Waals surface area contributed by atoms with Crippen LogP contribution in [-0.4, -0.2) is 36.1 Å². The molecule has 1 aromatic heterocycles. The number of aromatic nitrogens is 1. The molecule has 2 aliphatic heterocycles. The maximum absolute atomic E-state index is 12.7. The Kier molecular flexibility index (Phi) is 4.86. The van der Waals surface area contributed by atoms with E-state index in [1.165, 1.54) is 0 Å². The zero-order chi connectivity index (χ0) is 19.9. The van der Waals surface area contributed by atoms with Gasteiger partial charge in [0.25, 0.3) is 5.56 Å². The Morgan fingerprint density at radius 1 is 1.18 bits per heavy atom. The van der Waals surface area contributed by atoms with Crippen molar-refractivity contribution in [1.82, 2.24) is 8.87 Å². The first-order chi connectivity index (χ1) is 13.4. The van der Waals surface area contributed by atoms with Crippen molar-refractivity contribution in [2.75, 3.05) is 18.8 Å². The summed E-state index contributed by atoms with van der Waals surface area (Å²) >= 11 is 0. The van der Waals surface area contributed by atoms with E-state index in [0.717, 1.165) is 23.2 Å². The number of fused-ring (bicyclic) bond motifs is 4. The molecule has 146 valence electrons. The highest BCUT2D eigenvalue weighted by atomic mass is 32.2. The Hall–Kier alpha value is -2.43. The number of benzene rings is 1. The third-order valence-corrected chi connectivity index (χ3v) is 7.72. The van der Waals surface area contributed by atoms with Crippen LogP contribution in [0.4, 0.5) is 0 Å². The van der Waals surface area contributed by atoms with Gasteiger partial charge in [0, 0.05) is 42.9 Å². The van der Waals surface area contributed by atoms with Crippen molar-refractivity contribution in [3.05, 3.63) is 58.0 Å². The molecule has 7 heteroatoms. The Labute approximate surface area is 165 Å². The predicted octanol–water partition coefficient (Wildman–Crippen LogP) is 2.55. The summed E-state index contributed by atoms with van der Waals surface area (Å²) in [4.78, 5) is 12.6. The molecule has 0 aliphatic carbocycles. The number of hydrogen-bond donors (Lipinski definition) is 0. The van der Waals surface area contributed by atoms with Gasteiger partial charge in [0.2, 0.25) is 10.0 Å². The molecule has 1 aromatic carbocycles. The lowest BCUT2D eigenvalue weighted by Gasteiger charge is -2.43. The molecule has 28 heavy (non-hydrogen) atoms. The first-order valence-electron chi connectivity index (χ1n) is 9.65. The van der Waals surface area contributed by atoms with Gasteiger partial charge >= 0.3 is 0 Å². The van der Waals surface area contributed by atoms with Crippen LogP contribution in [0.25, 0.3) is 11.1 Å². The van der Waals surface area contributed by atoms with E-state index in [4.69, 9.17) is 0 Å². The van der Waals surface area contributed by atoms with Crippen LogP contribution in [0.3, 0.4) is 0 Å². The van der Waals surface area contributed by atoms with Crippen molar-refractivity contribution >= 4 is 10.0 Å². The van der Waals surface area contributed by atoms with Gasteiger partial charge in [-0.2, -0.15) is 5.26 Å². The third kappa shape index (κ3) is 3.27. The van der Waals surface area contributed by atoms with Crippen molar-refractivity contribution in [3.63, 3.8) is 0 Å². The Morgan fingerprint density at radius 2 is 2.00 bits per heavy atom. The second-order valence-corrected chi connectivity index (χ2v) is 9.79. The summed E-state index contributed by atoms with van der Waals surface area (Å²) in [5.41, 5.74) is 3.21. The second-order valence-electron chi connectivity index (χ2n) is 7.71. The van der Waals surface area contributed by atoms with Crippen LogP contribution >= 0.6 is 0 Å². The van der Waals surface area contributed by atoms with Crippen LogP contribution in [0.2, 0.25) is 0 Å². The van der Waals surface area contributed by atoms with Gasteiger partial charge in [-0.05, 0) is 42.5 Å². The molecule has 0 radical (unpaired) electrons. The molecular formula is C21H23N3O3S. The Balaban J connectivity index is 1.81. The van der Waals surface area contributed by atoms with Crippen LogP contribution in [0.15, 0.2) is 41.2 Å². The highest BCUT2D eigenvalue weighted by Crippen LogP contribution is 2.40. The van der Waals surface area contributed by atoms with E-state index in [2.05, 4.69) is 6.07 Å². The molecule has 0 spiro atoms. The van der Waals surface area contributed by atoms with E-state index in [-0.39, 0.29) is 23.1 Å². The van der Waals surface area contributed by atoms with Gasteiger partial charge in [0.15, 0.2) is 0 Å². The van der Waals surface area contributed by atoms with E-state index < -0.39 is 10.0 Å². The van der Waals surface area contributed by atoms with E-state index in [9.17, 15) is 18.5 Å². The predicted molar refractivity (Wildman–Crippen MR) is 107 cm³/mol. The number of sulfonamides is 1. The van der Waals surface area contributed by atoms with Crippen molar-refractivity contribution in [1.29, 1.82) is 5.26 Å². The highest BCUT2D eigenvalue weighted by Gasteiger charge is 2.39. The molecule has 2 atom stereocenters. The highest BCUT2D eigenvalue weighted by molar-refractivity contribution is 7.89. The normalized spacial score (nSPS) is 21.7. The summed E-state index contributed by atoms with van der Waals surface area (Å²) in [6.07, 6.45) is 1.48. The van der Waals surface area contributed by atoms with Crippen molar-refractivity contribution in [2.45, 2.75) is 32.2 Å². The third-order valence-electron chi connectivity index (χ3n) is 5.71. The number of hydrogen-bond acceptors (Lipinski definition) is 4. The van der Waals surface area contributed by atoms with Gasteiger partial charge in [-0.15, -0.1) is 0 Å². The van der Waals surface area contributed by atoms with Gasteiger partial charge in [0.1, 0.15) is 0 Å². The molecule has 0 saturated carbocycles. The summed E-state index contributed by atoms with van der Waals surface area (Å²) in [6.45, 7) is 3.30. The number of nitrogens with zero attached hydrogens (tertiary/aromatic N) is 3. The lowest BCUT2D eigenvalue weighted by atomic mass is 9.81. The molecule has 2 aromatic rings. The quantitative estimate of drug-likeness (QED) is 0.794. The van der Waals surface area contributed by atoms with Crippen LogP contribution in [-0.2, 0) is 16.6 Å². The van der Waals surface area contributed by atoms with Gasteiger partial charge < -0.3 is 4.57 Å². The molecule has 2 bridgehead atoms. The van der Waals surface area contributed by atoms with Crippen molar-refractivity contribution in [3.8, 4) is 17.2 Å². The van der Waals surface area contributed by atoms with E-state index >= 15 is 0 Å². The zero-order valence-corrected chi connectivity index (χ0v) is 16.7. The van der Waals surface area contributed by atoms with Crippen molar-refractivity contribution < 1.29 is 8.42 Å². The first kappa shape index (κ1) is 18.9. The fraction of sp³-hybridized carbons (Fsp3) is 0.429. The fourth-order valence-electron chi connectivity index (χ4n) is 4.59. The minimum Gasteiger partial charge on any atom is -0.311 e. The topological polar surface area (TPSA) is 83.2 Å². The number of nitriles is 1. The number of pyridine rings is 1. The number of rotatable bonds is 4. The summed E-state index contributed by atoms with van der Waals surface area (Å²) < 4.78 is 28.7. The van der Waals surface area contributed by atoms with Crippen LogP contribution in [0, 0.1) is 17.2 Å². The smallest absolute Gasteiger partial charge is 0.250 e. The first-order valence-corrected chi connectivity index (χ1v) is 11.3. The lowest BCUT2D eigenvalue weighted by Crippen LogP contribution is -2.49. The largest absolute Gasteiger partial charge is 0.311 e. The molecular weight excluding hydrogens is 374 g/mol. The maximum atomic E-state index is 12.7. The molecule has 3 heterocycles.